The van der Waals surface area contributed by atoms with E-state index in [1.807, 2.05) is 6.92 Å². The summed E-state index contributed by atoms with van der Waals surface area (Å²) in [6.07, 6.45) is 0.858. The smallest absolute Gasteiger partial charge is 0.255 e. The van der Waals surface area contributed by atoms with Gasteiger partial charge in [0.15, 0.2) is 0 Å². The van der Waals surface area contributed by atoms with Gasteiger partial charge in [0, 0.05) is 22.6 Å². The highest BCUT2D eigenvalue weighted by Gasteiger charge is 2.17. The van der Waals surface area contributed by atoms with E-state index in [1.165, 1.54) is 0 Å². The molecule has 0 aliphatic carbocycles. The van der Waals surface area contributed by atoms with E-state index in [-0.39, 0.29) is 12.5 Å². The van der Waals surface area contributed by atoms with Crippen LogP contribution in [0.2, 0.25) is 5.02 Å². The van der Waals surface area contributed by atoms with Gasteiger partial charge in [-0.15, -0.1) is 0 Å². The minimum absolute atomic E-state index is 0.0308. The van der Waals surface area contributed by atoms with Crippen molar-refractivity contribution in [1.82, 2.24) is 4.90 Å². The molecule has 0 aliphatic rings. The summed E-state index contributed by atoms with van der Waals surface area (Å²) >= 11 is 9.15. The van der Waals surface area contributed by atoms with Crippen LogP contribution in [0.4, 0.5) is 0 Å². The number of benzene rings is 1. The summed E-state index contributed by atoms with van der Waals surface area (Å²) in [7, 11) is 0. The maximum Gasteiger partial charge on any atom is 0.255 e. The summed E-state index contributed by atoms with van der Waals surface area (Å²) in [6.45, 7) is 2.95. The molecule has 17 heavy (non-hydrogen) atoms. The van der Waals surface area contributed by atoms with Gasteiger partial charge in [-0.1, -0.05) is 18.5 Å². The number of amides is 1. The first-order valence-electron chi connectivity index (χ1n) is 5.45. The number of carbonyl (C=O) groups is 1. The fourth-order valence-electron chi connectivity index (χ4n) is 1.54. The normalized spacial score (nSPS) is 10.4. The molecular weight excluding hydrogens is 305 g/mol. The molecule has 0 saturated carbocycles. The number of aliphatic hydroxyl groups is 1. The van der Waals surface area contributed by atoms with Crippen molar-refractivity contribution < 1.29 is 9.90 Å². The molecule has 0 spiro atoms. The highest BCUT2D eigenvalue weighted by molar-refractivity contribution is 9.10. The van der Waals surface area contributed by atoms with Crippen molar-refractivity contribution in [3.63, 3.8) is 0 Å². The van der Waals surface area contributed by atoms with Crippen LogP contribution in [0.3, 0.4) is 0 Å². The molecule has 3 nitrogen and oxygen atoms in total. The van der Waals surface area contributed by atoms with E-state index in [9.17, 15) is 4.79 Å². The van der Waals surface area contributed by atoms with Gasteiger partial charge in [0.2, 0.25) is 0 Å². The average Bonchev–Trinajstić information content (AvgIpc) is 2.28. The number of carbonyl (C=O) groups excluding carboxylic acids is 1. The van der Waals surface area contributed by atoms with Gasteiger partial charge >= 0.3 is 0 Å². The number of rotatable bonds is 5. The topological polar surface area (TPSA) is 40.5 Å². The molecule has 0 saturated heterocycles. The summed E-state index contributed by atoms with van der Waals surface area (Å²) in [4.78, 5) is 13.8. The minimum atomic E-state index is -0.0931. The summed E-state index contributed by atoms with van der Waals surface area (Å²) in [6, 6.07) is 5.06. The van der Waals surface area contributed by atoms with Crippen molar-refractivity contribution in [2.24, 2.45) is 0 Å². The molecule has 0 radical (unpaired) electrons. The van der Waals surface area contributed by atoms with E-state index in [4.69, 9.17) is 16.7 Å². The second kappa shape index (κ2) is 6.99. The number of hydrogen-bond acceptors (Lipinski definition) is 2. The van der Waals surface area contributed by atoms with E-state index >= 15 is 0 Å². The fraction of sp³-hybridized carbons (Fsp3) is 0.417. The second-order valence-electron chi connectivity index (χ2n) is 3.64. The van der Waals surface area contributed by atoms with Crippen LogP contribution in [0.25, 0.3) is 0 Å². The first-order valence-corrected chi connectivity index (χ1v) is 6.62. The lowest BCUT2D eigenvalue weighted by Crippen LogP contribution is -2.34. The summed E-state index contributed by atoms with van der Waals surface area (Å²) in [5.74, 6) is -0.0931. The highest BCUT2D eigenvalue weighted by Crippen LogP contribution is 2.22. The zero-order valence-corrected chi connectivity index (χ0v) is 12.0. The van der Waals surface area contributed by atoms with Crippen LogP contribution < -0.4 is 0 Å². The van der Waals surface area contributed by atoms with Gasteiger partial charge in [-0.2, -0.15) is 0 Å². The summed E-state index contributed by atoms with van der Waals surface area (Å²) < 4.78 is 0.675. The molecule has 0 bridgehead atoms. The molecule has 1 aromatic rings. The third kappa shape index (κ3) is 3.98. The van der Waals surface area contributed by atoms with Crippen LogP contribution in [0.5, 0.6) is 0 Å². The largest absolute Gasteiger partial charge is 0.395 e. The van der Waals surface area contributed by atoms with Crippen LogP contribution in [0.1, 0.15) is 23.7 Å². The van der Waals surface area contributed by atoms with E-state index < -0.39 is 0 Å². The molecule has 0 atom stereocenters. The first kappa shape index (κ1) is 14.5. The molecule has 1 aromatic carbocycles. The molecule has 0 unspecified atom stereocenters. The summed E-state index contributed by atoms with van der Waals surface area (Å²) in [5.41, 5.74) is 0.566. The van der Waals surface area contributed by atoms with Crippen LogP contribution in [-0.2, 0) is 0 Å². The van der Waals surface area contributed by atoms with Crippen molar-refractivity contribution in [3.8, 4) is 0 Å². The fourth-order valence-corrected chi connectivity index (χ4v) is 2.39. The molecule has 0 aliphatic heterocycles. The van der Waals surface area contributed by atoms with Gasteiger partial charge < -0.3 is 10.0 Å². The molecule has 5 heteroatoms. The molecule has 0 heterocycles. The third-order valence-corrected chi connectivity index (χ3v) is 3.20. The van der Waals surface area contributed by atoms with Crippen molar-refractivity contribution in [2.75, 3.05) is 19.7 Å². The molecule has 0 fully saturated rings. The SMILES string of the molecule is CCCN(CCO)C(=O)c1ccc(Cl)cc1Br. The molecule has 1 amide bonds. The zero-order chi connectivity index (χ0) is 12.8. The van der Waals surface area contributed by atoms with Crippen LogP contribution in [-0.4, -0.2) is 35.6 Å². The maximum absolute atomic E-state index is 12.2. The predicted molar refractivity (Wildman–Crippen MR) is 72.4 cm³/mol. The van der Waals surface area contributed by atoms with E-state index in [0.29, 0.717) is 28.1 Å². The molecule has 94 valence electrons. The number of aliphatic hydroxyl groups excluding tert-OH is 1. The quantitative estimate of drug-likeness (QED) is 0.906. The van der Waals surface area contributed by atoms with Crippen LogP contribution in [0.15, 0.2) is 22.7 Å². The Morgan fingerprint density at radius 3 is 2.71 bits per heavy atom. The van der Waals surface area contributed by atoms with Crippen molar-refractivity contribution >= 4 is 33.4 Å². The molecule has 1 rings (SSSR count). The second-order valence-corrected chi connectivity index (χ2v) is 4.93. The predicted octanol–water partition coefficient (Wildman–Crippen LogP) is 2.95. The van der Waals surface area contributed by atoms with Gasteiger partial charge in [0.25, 0.3) is 5.91 Å². The Morgan fingerprint density at radius 1 is 1.47 bits per heavy atom. The Labute approximate surface area is 115 Å². The number of halogens is 2. The standard InChI is InChI=1S/C12H15BrClNO2/c1-2-5-15(6-7-16)12(17)10-4-3-9(14)8-11(10)13/h3-4,8,16H,2,5-7H2,1H3. The third-order valence-electron chi connectivity index (χ3n) is 2.31. The minimum Gasteiger partial charge on any atom is -0.395 e. The Morgan fingerprint density at radius 2 is 2.18 bits per heavy atom. The first-order chi connectivity index (χ1) is 8.10. The van der Waals surface area contributed by atoms with Crippen molar-refractivity contribution in [1.29, 1.82) is 0 Å². The lowest BCUT2D eigenvalue weighted by molar-refractivity contribution is 0.0721. The monoisotopic (exact) mass is 319 g/mol. The zero-order valence-electron chi connectivity index (χ0n) is 9.62. The van der Waals surface area contributed by atoms with Gasteiger partial charge in [0.1, 0.15) is 0 Å². The highest BCUT2D eigenvalue weighted by atomic mass is 79.9. The van der Waals surface area contributed by atoms with Crippen LogP contribution >= 0.6 is 27.5 Å². The van der Waals surface area contributed by atoms with Gasteiger partial charge in [-0.25, -0.2) is 0 Å². The number of nitrogens with zero attached hydrogens (tertiary/aromatic N) is 1. The van der Waals surface area contributed by atoms with Gasteiger partial charge in [-0.3, -0.25) is 4.79 Å². The van der Waals surface area contributed by atoms with E-state index in [2.05, 4.69) is 15.9 Å². The Balaban J connectivity index is 2.92. The Bertz CT molecular complexity index is 392. The van der Waals surface area contributed by atoms with Crippen LogP contribution in [0, 0.1) is 0 Å². The lowest BCUT2D eigenvalue weighted by Gasteiger charge is -2.21. The van der Waals surface area contributed by atoms with E-state index in [1.54, 1.807) is 23.1 Å². The lowest BCUT2D eigenvalue weighted by atomic mass is 10.2. The van der Waals surface area contributed by atoms with Crippen molar-refractivity contribution in [2.45, 2.75) is 13.3 Å². The van der Waals surface area contributed by atoms with Crippen molar-refractivity contribution in [3.05, 3.63) is 33.3 Å². The van der Waals surface area contributed by atoms with Gasteiger partial charge in [-0.05, 0) is 40.5 Å². The average molecular weight is 321 g/mol. The van der Waals surface area contributed by atoms with Gasteiger partial charge in [0.05, 0.1) is 12.2 Å². The van der Waals surface area contributed by atoms with E-state index in [0.717, 1.165) is 6.42 Å². The molecule has 1 N–H and O–H groups in total. The molecular formula is C12H15BrClNO2. The number of hydrogen-bond donors (Lipinski definition) is 1. The summed E-state index contributed by atoms with van der Waals surface area (Å²) in [5, 5.41) is 9.53. The Kier molecular flexibility index (Phi) is 5.95. The molecule has 0 aromatic heterocycles. The Hall–Kier alpha value is -0.580. The maximum atomic E-state index is 12.2.